The van der Waals surface area contributed by atoms with Crippen LogP contribution in [0.2, 0.25) is 0 Å². The van der Waals surface area contributed by atoms with E-state index in [0.29, 0.717) is 5.92 Å². The highest BCUT2D eigenvalue weighted by Crippen LogP contribution is 2.09. The van der Waals surface area contributed by atoms with Crippen molar-refractivity contribution in [1.29, 1.82) is 0 Å². The Morgan fingerprint density at radius 1 is 1.15 bits per heavy atom. The molecule has 0 aromatic carbocycles. The van der Waals surface area contributed by atoms with Crippen LogP contribution in [0, 0.1) is 5.92 Å². The minimum Gasteiger partial charge on any atom is -0.379 e. The monoisotopic (exact) mass is 252 g/mol. The molecule has 0 fully saturated rings. The van der Waals surface area contributed by atoms with E-state index in [1.165, 1.54) is 12.8 Å². The van der Waals surface area contributed by atoms with Crippen LogP contribution in [0.15, 0.2) is 0 Å². The summed E-state index contributed by atoms with van der Waals surface area (Å²) in [6, 6.07) is 0. The fraction of sp³-hybridized carbons (Fsp3) is 1.00. The van der Waals surface area contributed by atoms with Gasteiger partial charge in [0.15, 0.2) is 0 Å². The standard InChI is InChI=1S/C10H21BrO2/c1-3-5-10(8-11)9-13-7-6-12-4-2/h10H,3-9H2,1-2H3. The Labute approximate surface area is 90.1 Å². The zero-order valence-corrected chi connectivity index (χ0v) is 10.3. The highest BCUT2D eigenvalue weighted by Gasteiger charge is 2.05. The van der Waals surface area contributed by atoms with Crippen molar-refractivity contribution in [1.82, 2.24) is 0 Å². The molecule has 0 aliphatic rings. The van der Waals surface area contributed by atoms with E-state index >= 15 is 0 Å². The second-order valence-corrected chi connectivity index (χ2v) is 3.73. The number of ether oxygens (including phenoxy) is 2. The number of rotatable bonds is 9. The Hall–Kier alpha value is 0.400. The van der Waals surface area contributed by atoms with Gasteiger partial charge in [-0.3, -0.25) is 0 Å². The summed E-state index contributed by atoms with van der Waals surface area (Å²) in [7, 11) is 0. The first kappa shape index (κ1) is 13.4. The van der Waals surface area contributed by atoms with E-state index in [-0.39, 0.29) is 0 Å². The van der Waals surface area contributed by atoms with Crippen molar-refractivity contribution in [3.05, 3.63) is 0 Å². The molecule has 0 radical (unpaired) electrons. The Morgan fingerprint density at radius 2 is 1.85 bits per heavy atom. The van der Waals surface area contributed by atoms with Gasteiger partial charge in [0, 0.05) is 11.9 Å². The molecule has 0 aliphatic heterocycles. The van der Waals surface area contributed by atoms with Crippen molar-refractivity contribution >= 4 is 15.9 Å². The lowest BCUT2D eigenvalue weighted by Crippen LogP contribution is -2.13. The van der Waals surface area contributed by atoms with Crippen molar-refractivity contribution < 1.29 is 9.47 Å². The predicted octanol–water partition coefficient (Wildman–Crippen LogP) is 2.85. The van der Waals surface area contributed by atoms with Gasteiger partial charge in [0.1, 0.15) is 0 Å². The minimum atomic E-state index is 0.659. The van der Waals surface area contributed by atoms with Gasteiger partial charge < -0.3 is 9.47 Å². The van der Waals surface area contributed by atoms with Gasteiger partial charge in [-0.15, -0.1) is 0 Å². The Morgan fingerprint density at radius 3 is 2.38 bits per heavy atom. The molecule has 0 amide bonds. The quantitative estimate of drug-likeness (QED) is 0.464. The molecule has 0 bridgehead atoms. The second-order valence-electron chi connectivity index (χ2n) is 3.08. The molecule has 0 spiro atoms. The van der Waals surface area contributed by atoms with Crippen LogP contribution in [-0.2, 0) is 9.47 Å². The van der Waals surface area contributed by atoms with E-state index in [1.54, 1.807) is 0 Å². The minimum absolute atomic E-state index is 0.659. The summed E-state index contributed by atoms with van der Waals surface area (Å²) >= 11 is 3.49. The molecule has 0 saturated carbocycles. The average molecular weight is 253 g/mol. The molecule has 0 rings (SSSR count). The molecule has 2 nitrogen and oxygen atoms in total. The zero-order valence-electron chi connectivity index (χ0n) is 8.72. The Balaban J connectivity index is 3.17. The molecule has 1 atom stereocenters. The van der Waals surface area contributed by atoms with Crippen LogP contribution in [0.3, 0.4) is 0 Å². The molecule has 80 valence electrons. The molecular weight excluding hydrogens is 232 g/mol. The van der Waals surface area contributed by atoms with Gasteiger partial charge in [-0.25, -0.2) is 0 Å². The Bertz CT molecular complexity index is 98.9. The molecule has 1 unspecified atom stereocenters. The first-order valence-corrected chi connectivity index (χ1v) is 6.18. The van der Waals surface area contributed by atoms with Crippen molar-refractivity contribution in [3.8, 4) is 0 Å². The summed E-state index contributed by atoms with van der Waals surface area (Å²) < 4.78 is 10.7. The smallest absolute Gasteiger partial charge is 0.0700 e. The molecule has 0 N–H and O–H groups in total. The molecule has 0 aliphatic carbocycles. The lowest BCUT2D eigenvalue weighted by molar-refractivity contribution is 0.0394. The van der Waals surface area contributed by atoms with Crippen LogP contribution in [-0.4, -0.2) is 31.8 Å². The lowest BCUT2D eigenvalue weighted by atomic mass is 10.1. The average Bonchev–Trinajstić information content (AvgIpc) is 2.16. The maximum atomic E-state index is 5.49. The first-order chi connectivity index (χ1) is 6.35. The van der Waals surface area contributed by atoms with Crippen LogP contribution in [0.5, 0.6) is 0 Å². The van der Waals surface area contributed by atoms with E-state index in [2.05, 4.69) is 22.9 Å². The number of alkyl halides is 1. The summed E-state index contributed by atoms with van der Waals surface area (Å²) in [4.78, 5) is 0. The van der Waals surface area contributed by atoms with E-state index in [4.69, 9.17) is 9.47 Å². The van der Waals surface area contributed by atoms with Gasteiger partial charge in [-0.2, -0.15) is 0 Å². The second kappa shape index (κ2) is 10.5. The molecule has 13 heavy (non-hydrogen) atoms. The third kappa shape index (κ3) is 8.72. The number of halogens is 1. The maximum Gasteiger partial charge on any atom is 0.0700 e. The SMILES string of the molecule is CCCC(CBr)COCCOCC. The third-order valence-electron chi connectivity index (χ3n) is 1.84. The summed E-state index contributed by atoms with van der Waals surface area (Å²) in [5.41, 5.74) is 0. The molecule has 0 aromatic heterocycles. The van der Waals surface area contributed by atoms with Crippen molar-refractivity contribution in [2.45, 2.75) is 26.7 Å². The van der Waals surface area contributed by atoms with Gasteiger partial charge in [-0.05, 0) is 19.3 Å². The van der Waals surface area contributed by atoms with Gasteiger partial charge in [-0.1, -0.05) is 29.3 Å². The Kier molecular flexibility index (Phi) is 10.8. The molecule has 0 aromatic rings. The normalized spacial score (nSPS) is 13.2. The van der Waals surface area contributed by atoms with Crippen LogP contribution < -0.4 is 0 Å². The number of hydrogen-bond donors (Lipinski definition) is 0. The van der Waals surface area contributed by atoms with E-state index < -0.39 is 0 Å². The lowest BCUT2D eigenvalue weighted by Gasteiger charge is -2.12. The van der Waals surface area contributed by atoms with Crippen LogP contribution >= 0.6 is 15.9 Å². The first-order valence-electron chi connectivity index (χ1n) is 5.06. The van der Waals surface area contributed by atoms with Crippen molar-refractivity contribution in [2.75, 3.05) is 31.8 Å². The number of hydrogen-bond acceptors (Lipinski definition) is 2. The fourth-order valence-electron chi connectivity index (χ4n) is 1.13. The summed E-state index contributed by atoms with van der Waals surface area (Å²) in [5.74, 6) is 0.659. The summed E-state index contributed by atoms with van der Waals surface area (Å²) in [6.07, 6.45) is 2.46. The molecule has 0 saturated heterocycles. The topological polar surface area (TPSA) is 18.5 Å². The fourth-order valence-corrected chi connectivity index (χ4v) is 1.64. The van der Waals surface area contributed by atoms with Crippen LogP contribution in [0.1, 0.15) is 26.7 Å². The van der Waals surface area contributed by atoms with E-state index in [1.807, 2.05) is 6.92 Å². The predicted molar refractivity (Wildman–Crippen MR) is 59.5 cm³/mol. The molecule has 0 heterocycles. The van der Waals surface area contributed by atoms with Gasteiger partial charge >= 0.3 is 0 Å². The summed E-state index contributed by atoms with van der Waals surface area (Å²) in [5, 5.41) is 1.04. The summed E-state index contributed by atoms with van der Waals surface area (Å²) in [6.45, 7) is 7.28. The largest absolute Gasteiger partial charge is 0.379 e. The zero-order chi connectivity index (χ0) is 9.94. The maximum absolute atomic E-state index is 5.49. The highest BCUT2D eigenvalue weighted by atomic mass is 79.9. The molecular formula is C10H21BrO2. The third-order valence-corrected chi connectivity index (χ3v) is 2.76. The van der Waals surface area contributed by atoms with Crippen molar-refractivity contribution in [2.24, 2.45) is 5.92 Å². The van der Waals surface area contributed by atoms with Gasteiger partial charge in [0.25, 0.3) is 0 Å². The highest BCUT2D eigenvalue weighted by molar-refractivity contribution is 9.09. The van der Waals surface area contributed by atoms with E-state index in [0.717, 1.165) is 31.8 Å². The van der Waals surface area contributed by atoms with Gasteiger partial charge in [0.2, 0.25) is 0 Å². The van der Waals surface area contributed by atoms with Crippen LogP contribution in [0.25, 0.3) is 0 Å². The van der Waals surface area contributed by atoms with E-state index in [9.17, 15) is 0 Å². The van der Waals surface area contributed by atoms with Crippen molar-refractivity contribution in [3.63, 3.8) is 0 Å². The van der Waals surface area contributed by atoms with Crippen LogP contribution in [0.4, 0.5) is 0 Å². The van der Waals surface area contributed by atoms with Gasteiger partial charge in [0.05, 0.1) is 19.8 Å². The molecule has 3 heteroatoms.